The molecule has 2 atom stereocenters. The Morgan fingerprint density at radius 2 is 0.658 bits per heavy atom. The molecule has 0 aromatic heterocycles. The largest absolute Gasteiger partial charge is 0.466 e. The Balaban J connectivity index is 3.31. The Bertz CT molecular complexity index is 1140. The number of aliphatic hydroxyl groups is 2. The van der Waals surface area contributed by atoms with Gasteiger partial charge in [-0.05, 0) is 70.6 Å². The molecule has 0 aromatic rings. The summed E-state index contributed by atoms with van der Waals surface area (Å²) in [6, 6.07) is -0.536. The molecule has 0 aromatic carbocycles. The van der Waals surface area contributed by atoms with E-state index in [0.29, 0.717) is 25.9 Å². The van der Waals surface area contributed by atoms with Crippen LogP contribution >= 0.6 is 0 Å². The van der Waals surface area contributed by atoms with Gasteiger partial charge in [-0.2, -0.15) is 0 Å². The van der Waals surface area contributed by atoms with Crippen molar-refractivity contribution in [1.82, 2.24) is 5.32 Å². The number of hydrogen-bond donors (Lipinski definition) is 3. The first-order valence-corrected chi connectivity index (χ1v) is 33.1. The van der Waals surface area contributed by atoms with Crippen LogP contribution in [-0.4, -0.2) is 47.4 Å². The SMILES string of the molecule is CCCC/C=C\CCCCCCCC(=O)OCCCCCCCCCCCCCCCC/C=C\CCCCCCCCCCCCCCCCCCCC(=O)NC(CO)C(O)CCCCCCCCCCCC. The molecule has 0 rings (SSSR count). The van der Waals surface area contributed by atoms with Crippen molar-refractivity contribution in [2.45, 2.75) is 379 Å². The molecule has 0 fully saturated rings. The minimum atomic E-state index is -0.659. The molecule has 0 aliphatic heterocycles. The summed E-state index contributed by atoms with van der Waals surface area (Å²) in [6.45, 7) is 4.92. The first-order valence-electron chi connectivity index (χ1n) is 33.1. The summed E-state index contributed by atoms with van der Waals surface area (Å²) in [4.78, 5) is 24.4. The normalized spacial score (nSPS) is 12.7. The molecule has 0 bridgehead atoms. The maximum Gasteiger partial charge on any atom is 0.305 e. The maximum absolute atomic E-state index is 12.4. The van der Waals surface area contributed by atoms with E-state index >= 15 is 0 Å². The minimum absolute atomic E-state index is 0.00922. The fourth-order valence-corrected chi connectivity index (χ4v) is 10.4. The van der Waals surface area contributed by atoms with Gasteiger partial charge >= 0.3 is 5.97 Å². The lowest BCUT2D eigenvalue weighted by Gasteiger charge is -2.22. The Morgan fingerprint density at radius 1 is 0.370 bits per heavy atom. The number of nitrogens with one attached hydrogen (secondary N) is 1. The molecule has 432 valence electrons. The molecule has 0 saturated heterocycles. The molecule has 0 spiro atoms. The number of ether oxygens (including phenoxy) is 1. The topological polar surface area (TPSA) is 95.9 Å². The highest BCUT2D eigenvalue weighted by Crippen LogP contribution is 2.18. The molecule has 6 heteroatoms. The molecule has 3 N–H and O–H groups in total. The fourth-order valence-electron chi connectivity index (χ4n) is 10.4. The van der Waals surface area contributed by atoms with Crippen LogP contribution in [0, 0.1) is 0 Å². The quantitative estimate of drug-likeness (QED) is 0.0320. The standard InChI is InChI=1S/C67H129NO5/c1-3-5-7-9-11-13-40-45-49-53-57-61-67(72)73-62-58-54-50-46-42-39-37-35-33-31-29-27-25-23-21-19-17-15-16-18-20-22-24-26-28-30-32-34-36-38-41-44-48-52-56-60-66(71)68-64(63-69)65(70)59-55-51-47-43-14-12-10-8-6-4-2/h9,11,17,19,64-65,69-70H,3-8,10,12-16,18,20-63H2,1-2H3,(H,68,71)/b11-9-,19-17-. The van der Waals surface area contributed by atoms with Gasteiger partial charge in [0.2, 0.25) is 5.91 Å². The summed E-state index contributed by atoms with van der Waals surface area (Å²) in [7, 11) is 0. The van der Waals surface area contributed by atoms with E-state index in [1.54, 1.807) is 0 Å². The van der Waals surface area contributed by atoms with Crippen LogP contribution < -0.4 is 5.32 Å². The van der Waals surface area contributed by atoms with Crippen molar-refractivity contribution in [3.63, 3.8) is 0 Å². The van der Waals surface area contributed by atoms with Crippen molar-refractivity contribution in [2.24, 2.45) is 0 Å². The zero-order chi connectivity index (χ0) is 52.9. The van der Waals surface area contributed by atoms with Crippen molar-refractivity contribution in [1.29, 1.82) is 0 Å². The van der Waals surface area contributed by atoms with Gasteiger partial charge in [0.25, 0.3) is 0 Å². The molecule has 0 heterocycles. The summed E-state index contributed by atoms with van der Waals surface area (Å²) in [5, 5.41) is 23.2. The van der Waals surface area contributed by atoms with Gasteiger partial charge < -0.3 is 20.3 Å². The number of amides is 1. The highest BCUT2D eigenvalue weighted by atomic mass is 16.5. The summed E-state index contributed by atoms with van der Waals surface area (Å²) < 4.78 is 5.46. The summed E-state index contributed by atoms with van der Waals surface area (Å²) >= 11 is 0. The van der Waals surface area contributed by atoms with E-state index in [0.717, 1.165) is 44.9 Å². The maximum atomic E-state index is 12.4. The number of rotatable bonds is 62. The zero-order valence-electron chi connectivity index (χ0n) is 49.4. The van der Waals surface area contributed by atoms with Crippen LogP contribution in [0.4, 0.5) is 0 Å². The van der Waals surface area contributed by atoms with Gasteiger partial charge in [0.05, 0.1) is 25.4 Å². The molecule has 73 heavy (non-hydrogen) atoms. The molecular weight excluding hydrogens is 899 g/mol. The lowest BCUT2D eigenvalue weighted by Crippen LogP contribution is -2.45. The van der Waals surface area contributed by atoms with Gasteiger partial charge in [-0.15, -0.1) is 0 Å². The Morgan fingerprint density at radius 3 is 1.01 bits per heavy atom. The van der Waals surface area contributed by atoms with E-state index in [1.165, 1.54) is 289 Å². The van der Waals surface area contributed by atoms with Crippen LogP contribution in [0.3, 0.4) is 0 Å². The predicted molar refractivity (Wildman–Crippen MR) is 320 cm³/mol. The highest BCUT2D eigenvalue weighted by molar-refractivity contribution is 5.76. The zero-order valence-corrected chi connectivity index (χ0v) is 49.4. The van der Waals surface area contributed by atoms with Crippen molar-refractivity contribution in [3.05, 3.63) is 24.3 Å². The van der Waals surface area contributed by atoms with E-state index in [4.69, 9.17) is 4.74 Å². The van der Waals surface area contributed by atoms with Gasteiger partial charge in [-0.25, -0.2) is 0 Å². The molecule has 0 radical (unpaired) electrons. The van der Waals surface area contributed by atoms with Gasteiger partial charge in [0, 0.05) is 12.8 Å². The van der Waals surface area contributed by atoms with E-state index < -0.39 is 12.1 Å². The predicted octanol–water partition coefficient (Wildman–Crippen LogP) is 21.0. The number of carbonyl (C=O) groups is 2. The van der Waals surface area contributed by atoms with E-state index in [9.17, 15) is 19.8 Å². The summed E-state index contributed by atoms with van der Waals surface area (Å²) in [5.41, 5.74) is 0. The van der Waals surface area contributed by atoms with E-state index in [2.05, 4.69) is 43.5 Å². The molecule has 1 amide bonds. The number of carbonyl (C=O) groups excluding carboxylic acids is 2. The molecule has 6 nitrogen and oxygen atoms in total. The number of aliphatic hydroxyl groups excluding tert-OH is 2. The van der Waals surface area contributed by atoms with Crippen LogP contribution in [0.2, 0.25) is 0 Å². The molecule has 2 unspecified atom stereocenters. The first-order chi connectivity index (χ1) is 36.0. The monoisotopic (exact) mass is 1030 g/mol. The van der Waals surface area contributed by atoms with Crippen molar-refractivity contribution >= 4 is 11.9 Å². The molecule has 0 aliphatic rings. The summed E-state index contributed by atoms with van der Waals surface area (Å²) in [5.74, 6) is -0.0223. The number of allylic oxidation sites excluding steroid dienone is 4. The summed E-state index contributed by atoms with van der Waals surface area (Å²) in [6.07, 6.45) is 78.1. The van der Waals surface area contributed by atoms with Crippen molar-refractivity contribution in [3.8, 4) is 0 Å². The number of unbranched alkanes of at least 4 members (excludes halogenated alkanes) is 47. The first kappa shape index (κ1) is 71.3. The third-order valence-corrected chi connectivity index (χ3v) is 15.5. The fraction of sp³-hybridized carbons (Fsp3) is 0.910. The molecular formula is C67H129NO5. The average Bonchev–Trinajstić information content (AvgIpc) is 3.39. The van der Waals surface area contributed by atoms with Crippen molar-refractivity contribution < 1.29 is 24.5 Å². The van der Waals surface area contributed by atoms with E-state index in [1.807, 2.05) is 0 Å². The third kappa shape index (κ3) is 59.4. The van der Waals surface area contributed by atoms with Crippen LogP contribution in [-0.2, 0) is 14.3 Å². The van der Waals surface area contributed by atoms with Crippen molar-refractivity contribution in [2.75, 3.05) is 13.2 Å². The van der Waals surface area contributed by atoms with Gasteiger partial charge in [0.1, 0.15) is 0 Å². The Hall–Kier alpha value is -1.66. The van der Waals surface area contributed by atoms with Crippen LogP contribution in [0.5, 0.6) is 0 Å². The molecule has 0 saturated carbocycles. The lowest BCUT2D eigenvalue weighted by atomic mass is 10.0. The second-order valence-corrected chi connectivity index (χ2v) is 22.8. The highest BCUT2D eigenvalue weighted by Gasteiger charge is 2.20. The molecule has 0 aliphatic carbocycles. The second kappa shape index (κ2) is 62.9. The van der Waals surface area contributed by atoms with E-state index in [-0.39, 0.29) is 18.5 Å². The number of hydrogen-bond acceptors (Lipinski definition) is 5. The minimum Gasteiger partial charge on any atom is -0.466 e. The van der Waals surface area contributed by atoms with Gasteiger partial charge in [-0.1, -0.05) is 308 Å². The second-order valence-electron chi connectivity index (χ2n) is 22.8. The van der Waals surface area contributed by atoms with Crippen LogP contribution in [0.1, 0.15) is 367 Å². The van der Waals surface area contributed by atoms with Gasteiger partial charge in [-0.3, -0.25) is 9.59 Å². The number of esters is 1. The smallest absolute Gasteiger partial charge is 0.305 e. The lowest BCUT2D eigenvalue weighted by molar-refractivity contribution is -0.143. The van der Waals surface area contributed by atoms with Gasteiger partial charge in [0.15, 0.2) is 0 Å². The average molecular weight is 1030 g/mol. The van der Waals surface area contributed by atoms with Crippen LogP contribution in [0.15, 0.2) is 24.3 Å². The van der Waals surface area contributed by atoms with Crippen LogP contribution in [0.25, 0.3) is 0 Å². The third-order valence-electron chi connectivity index (χ3n) is 15.5. The Kier molecular flexibility index (Phi) is 61.4. The Labute approximate surface area is 456 Å².